The van der Waals surface area contributed by atoms with Crippen LogP contribution in [0.4, 0.5) is 0 Å². The zero-order chi connectivity index (χ0) is 21.6. The number of allylic oxidation sites excluding steroid dienone is 10. The lowest BCUT2D eigenvalue weighted by molar-refractivity contribution is 0.268. The van der Waals surface area contributed by atoms with Crippen molar-refractivity contribution in [1.82, 2.24) is 9.80 Å². The summed E-state index contributed by atoms with van der Waals surface area (Å²) in [6.45, 7) is 13.8. The van der Waals surface area contributed by atoms with Crippen molar-refractivity contribution in [2.75, 3.05) is 46.3 Å². The number of hydrogen-bond donors (Lipinski definition) is 0. The largest absolute Gasteiger partial charge is 0.301 e. The van der Waals surface area contributed by atoms with Crippen LogP contribution in [0.25, 0.3) is 0 Å². The molecule has 0 aromatic heterocycles. The standard InChI is InChI=1S/C27H37N3.CH4/c1-5-6-10-13-25(3)21-29(4)18-19-30(23-27-17-16-24(2)20-28-27)22-26-14-11-8-7-9-12-15-26;/h5-17,24H,1,18-23H2,2-4H3;1H4/b8-7+,9-7?,10-6-,11-8?,12-9-,14-11+,15-12?,25-13+,26-14?,26-15+;. The Morgan fingerprint density at radius 3 is 2.61 bits per heavy atom. The molecule has 0 bridgehead atoms. The third-order valence-electron chi connectivity index (χ3n) is 5.00. The molecule has 1 aliphatic heterocycles. The summed E-state index contributed by atoms with van der Waals surface area (Å²) < 4.78 is 0. The van der Waals surface area contributed by atoms with E-state index in [9.17, 15) is 0 Å². The van der Waals surface area contributed by atoms with Crippen molar-refractivity contribution < 1.29 is 0 Å². The molecule has 3 nitrogen and oxygen atoms in total. The molecule has 0 saturated heterocycles. The van der Waals surface area contributed by atoms with Crippen LogP contribution in [-0.2, 0) is 0 Å². The van der Waals surface area contributed by atoms with Crippen LogP contribution < -0.4 is 0 Å². The Morgan fingerprint density at radius 2 is 1.87 bits per heavy atom. The normalized spacial score (nSPS) is 23.5. The number of aliphatic imine (C=N–C) groups is 1. The zero-order valence-electron chi connectivity index (χ0n) is 18.9. The molecule has 0 aromatic rings. The number of likely N-dealkylation sites (N-methyl/N-ethyl adjacent to an activating group) is 1. The van der Waals surface area contributed by atoms with Crippen LogP contribution in [-0.4, -0.2) is 61.8 Å². The molecule has 3 heteroatoms. The minimum atomic E-state index is 0. The van der Waals surface area contributed by atoms with Crippen molar-refractivity contribution in [2.45, 2.75) is 21.3 Å². The van der Waals surface area contributed by atoms with Gasteiger partial charge in [0.1, 0.15) is 0 Å². The molecule has 0 saturated carbocycles. The van der Waals surface area contributed by atoms with Crippen LogP contribution in [0, 0.1) is 5.92 Å². The lowest BCUT2D eigenvalue weighted by Crippen LogP contribution is -2.38. The van der Waals surface area contributed by atoms with Crippen molar-refractivity contribution >= 4 is 5.71 Å². The maximum absolute atomic E-state index is 4.78. The SMILES string of the molecule is C.C=C/C=C\C=C(/C)CN(C)CCN(CC1=NCC(C)C=C1)CC1=C/C=C\C=C\C=C\1. The van der Waals surface area contributed by atoms with Crippen LogP contribution in [0.1, 0.15) is 21.3 Å². The predicted octanol–water partition coefficient (Wildman–Crippen LogP) is 5.80. The van der Waals surface area contributed by atoms with Gasteiger partial charge in [-0.25, -0.2) is 0 Å². The van der Waals surface area contributed by atoms with Gasteiger partial charge in [0.25, 0.3) is 0 Å². The summed E-state index contributed by atoms with van der Waals surface area (Å²) in [5.41, 5.74) is 3.85. The van der Waals surface area contributed by atoms with Gasteiger partial charge >= 0.3 is 0 Å². The fourth-order valence-electron chi connectivity index (χ4n) is 3.33. The van der Waals surface area contributed by atoms with Crippen molar-refractivity contribution in [1.29, 1.82) is 0 Å². The second kappa shape index (κ2) is 15.3. The monoisotopic (exact) mass is 419 g/mol. The van der Waals surface area contributed by atoms with E-state index in [1.807, 2.05) is 12.2 Å². The van der Waals surface area contributed by atoms with Gasteiger partial charge in [0.05, 0.1) is 0 Å². The van der Waals surface area contributed by atoms with E-state index in [2.05, 4.69) is 98.0 Å². The average molecular weight is 420 g/mol. The highest BCUT2D eigenvalue weighted by Gasteiger charge is 2.13. The van der Waals surface area contributed by atoms with E-state index in [0.717, 1.165) is 39.3 Å². The number of dihydropyridines is 1. The third-order valence-corrected chi connectivity index (χ3v) is 5.00. The molecule has 0 N–H and O–H groups in total. The van der Waals surface area contributed by atoms with Gasteiger partial charge < -0.3 is 4.90 Å². The van der Waals surface area contributed by atoms with Crippen molar-refractivity contribution in [3.8, 4) is 0 Å². The van der Waals surface area contributed by atoms with Crippen molar-refractivity contribution in [3.63, 3.8) is 0 Å². The Bertz CT molecular complexity index is 787. The summed E-state index contributed by atoms with van der Waals surface area (Å²) in [4.78, 5) is 9.66. The smallest absolute Gasteiger partial charge is 0.0486 e. The Balaban J connectivity index is 0.00000480. The fourth-order valence-corrected chi connectivity index (χ4v) is 3.33. The van der Waals surface area contributed by atoms with Crippen LogP contribution in [0.15, 0.2) is 102 Å². The first-order chi connectivity index (χ1) is 14.6. The molecule has 0 amide bonds. The second-order valence-corrected chi connectivity index (χ2v) is 8.12. The molecule has 0 aromatic carbocycles. The number of hydrogen-bond acceptors (Lipinski definition) is 3. The molecule has 1 unspecified atom stereocenters. The topological polar surface area (TPSA) is 18.8 Å². The Morgan fingerprint density at radius 1 is 1.10 bits per heavy atom. The highest BCUT2D eigenvalue weighted by molar-refractivity contribution is 5.97. The van der Waals surface area contributed by atoms with E-state index < -0.39 is 0 Å². The highest BCUT2D eigenvalue weighted by atomic mass is 15.2. The molecule has 0 spiro atoms. The summed E-state index contributed by atoms with van der Waals surface area (Å²) in [5, 5.41) is 0. The Hall–Kier alpha value is -2.49. The first kappa shape index (κ1) is 26.5. The van der Waals surface area contributed by atoms with Crippen molar-refractivity contribution in [3.05, 3.63) is 96.7 Å². The Labute approximate surface area is 190 Å². The minimum absolute atomic E-state index is 0. The van der Waals surface area contributed by atoms with Crippen LogP contribution in [0.2, 0.25) is 0 Å². The van der Waals surface area contributed by atoms with E-state index in [1.54, 1.807) is 6.08 Å². The first-order valence-corrected chi connectivity index (χ1v) is 10.8. The number of nitrogens with zero attached hydrogens (tertiary/aromatic N) is 3. The zero-order valence-corrected chi connectivity index (χ0v) is 18.9. The molecule has 1 aliphatic carbocycles. The molecule has 0 radical (unpaired) electrons. The maximum atomic E-state index is 4.78. The predicted molar refractivity (Wildman–Crippen MR) is 140 cm³/mol. The minimum Gasteiger partial charge on any atom is -0.301 e. The van der Waals surface area contributed by atoms with Gasteiger partial charge in [0.2, 0.25) is 0 Å². The van der Waals surface area contributed by atoms with Gasteiger partial charge in [-0.1, -0.05) is 99.4 Å². The molecular weight excluding hydrogens is 378 g/mol. The summed E-state index contributed by atoms with van der Waals surface area (Å²) in [6, 6.07) is 0. The maximum Gasteiger partial charge on any atom is 0.0486 e. The van der Waals surface area contributed by atoms with E-state index >= 15 is 0 Å². The van der Waals surface area contributed by atoms with Gasteiger partial charge in [-0.3, -0.25) is 9.89 Å². The fraction of sp³-hybridized carbons (Fsp3) is 0.393. The third kappa shape index (κ3) is 11.5. The first-order valence-electron chi connectivity index (χ1n) is 10.8. The molecule has 1 atom stereocenters. The molecule has 2 aliphatic rings. The van der Waals surface area contributed by atoms with Gasteiger partial charge in [0.15, 0.2) is 0 Å². The van der Waals surface area contributed by atoms with Gasteiger partial charge in [-0.15, -0.1) is 0 Å². The average Bonchev–Trinajstić information content (AvgIpc) is 2.70. The second-order valence-electron chi connectivity index (χ2n) is 8.12. The number of rotatable bonds is 11. The van der Waals surface area contributed by atoms with E-state index in [0.29, 0.717) is 5.92 Å². The molecule has 0 fully saturated rings. The van der Waals surface area contributed by atoms with Crippen molar-refractivity contribution in [2.24, 2.45) is 10.9 Å². The van der Waals surface area contributed by atoms with E-state index in [4.69, 9.17) is 4.99 Å². The summed E-state index contributed by atoms with van der Waals surface area (Å²) >= 11 is 0. The van der Waals surface area contributed by atoms with Gasteiger partial charge in [0, 0.05) is 45.0 Å². The molecule has 168 valence electrons. The van der Waals surface area contributed by atoms with Gasteiger partial charge in [-0.2, -0.15) is 0 Å². The quantitative estimate of drug-likeness (QED) is 0.394. The summed E-state index contributed by atoms with van der Waals surface area (Å²) in [6.07, 6.45) is 27.3. The molecular formula is C28H41N3. The van der Waals surface area contributed by atoms with Crippen LogP contribution in [0.3, 0.4) is 0 Å². The van der Waals surface area contributed by atoms with Gasteiger partial charge in [-0.05, 0) is 31.5 Å². The molecule has 31 heavy (non-hydrogen) atoms. The molecule has 1 heterocycles. The van der Waals surface area contributed by atoms with E-state index in [1.165, 1.54) is 16.9 Å². The van der Waals surface area contributed by atoms with E-state index in [-0.39, 0.29) is 7.43 Å². The highest BCUT2D eigenvalue weighted by Crippen LogP contribution is 2.09. The summed E-state index contributed by atoms with van der Waals surface area (Å²) in [5.74, 6) is 0.548. The summed E-state index contributed by atoms with van der Waals surface area (Å²) in [7, 11) is 2.19. The Kier molecular flexibility index (Phi) is 13.1. The lowest BCUT2D eigenvalue weighted by Gasteiger charge is -2.27. The molecule has 2 rings (SSSR count). The van der Waals surface area contributed by atoms with Crippen LogP contribution >= 0.6 is 0 Å². The lowest BCUT2D eigenvalue weighted by atomic mass is 10.1. The van der Waals surface area contributed by atoms with Crippen LogP contribution in [0.5, 0.6) is 0 Å².